The zero-order valence-corrected chi connectivity index (χ0v) is 24.3. The highest BCUT2D eigenvalue weighted by atomic mass is 35.5. The van der Waals surface area contributed by atoms with Crippen molar-refractivity contribution in [1.82, 2.24) is 0 Å². The molecule has 0 spiro atoms. The molecule has 1 aromatic heterocycles. The lowest BCUT2D eigenvalue weighted by Crippen LogP contribution is -2.13. The summed E-state index contributed by atoms with van der Waals surface area (Å²) in [4.78, 5) is 0. The van der Waals surface area contributed by atoms with Gasteiger partial charge in [0.25, 0.3) is 5.17 Å². The predicted octanol–water partition coefficient (Wildman–Crippen LogP) is 9.67. The highest BCUT2D eigenvalue weighted by molar-refractivity contribution is 6.74. The molecular weight excluding hydrogens is 538 g/mol. The third-order valence-corrected chi connectivity index (χ3v) is 7.54. The van der Waals surface area contributed by atoms with Crippen LogP contribution in [-0.2, 0) is 4.74 Å². The minimum Gasteiger partial charge on any atom is -0.455 e. The molecule has 2 heterocycles. The van der Waals surface area contributed by atoms with Gasteiger partial charge in [0, 0.05) is 11.1 Å². The first kappa shape index (κ1) is 27.2. The van der Waals surface area contributed by atoms with Crippen molar-refractivity contribution in [2.45, 2.75) is 0 Å². The number of halogens is 1. The van der Waals surface area contributed by atoms with Crippen molar-refractivity contribution in [3.8, 4) is 22.5 Å². The standard InChI is InChI=1S/C38H30ClNO2/c1-40(2)38(39)37(35-25-31(27-15-7-3-8-16-27)23-33(41-35)29-19-11-5-12-20-29)36-26-32(28-17-9-4-10-18-28)24-34(42-36)30-21-13-6-14-22-30/h3-26H,1-2H3/q+2. The molecule has 204 valence electrons. The lowest BCUT2D eigenvalue weighted by molar-refractivity contribution is -0.460. The summed E-state index contributed by atoms with van der Waals surface area (Å²) in [6.45, 7) is 0. The van der Waals surface area contributed by atoms with Crippen LogP contribution in [0, 0.1) is 0 Å². The molecule has 3 nitrogen and oxygen atoms in total. The van der Waals surface area contributed by atoms with Crippen molar-refractivity contribution in [3.05, 3.63) is 168 Å². The van der Waals surface area contributed by atoms with Crippen LogP contribution in [0.2, 0.25) is 0 Å². The van der Waals surface area contributed by atoms with Gasteiger partial charge in [-0.05, 0) is 52.6 Å². The molecule has 42 heavy (non-hydrogen) atoms. The fourth-order valence-electron chi connectivity index (χ4n) is 4.88. The van der Waals surface area contributed by atoms with Gasteiger partial charge in [-0.15, -0.1) is 0 Å². The summed E-state index contributed by atoms with van der Waals surface area (Å²) in [6, 6.07) is 44.9. The Kier molecular flexibility index (Phi) is 7.94. The van der Waals surface area contributed by atoms with Crippen molar-refractivity contribution in [2.24, 2.45) is 0 Å². The van der Waals surface area contributed by atoms with Gasteiger partial charge < -0.3 is 4.74 Å². The normalized spacial score (nSPS) is 13.9. The first-order chi connectivity index (χ1) is 20.6. The van der Waals surface area contributed by atoms with Gasteiger partial charge in [-0.25, -0.2) is 8.99 Å². The second-order valence-electron chi connectivity index (χ2n) is 10.2. The van der Waals surface area contributed by atoms with Crippen LogP contribution in [-0.4, -0.2) is 23.8 Å². The molecular formula is C38H30ClNO2+2. The molecule has 5 aromatic rings. The summed E-state index contributed by atoms with van der Waals surface area (Å²) in [5, 5.41) is 0.496. The average Bonchev–Trinajstić information content (AvgIpc) is 3.06. The summed E-state index contributed by atoms with van der Waals surface area (Å²) in [7, 11) is 3.83. The Labute approximate surface area is 251 Å². The van der Waals surface area contributed by atoms with Crippen LogP contribution in [0.4, 0.5) is 0 Å². The number of hydrogen-bond donors (Lipinski definition) is 0. The second-order valence-corrected chi connectivity index (χ2v) is 10.5. The molecule has 0 atom stereocenters. The van der Waals surface area contributed by atoms with E-state index in [0.717, 1.165) is 44.9 Å². The highest BCUT2D eigenvalue weighted by Crippen LogP contribution is 2.38. The van der Waals surface area contributed by atoms with Crippen LogP contribution in [0.1, 0.15) is 16.9 Å². The maximum atomic E-state index is 7.13. The molecule has 0 saturated carbocycles. The Morgan fingerprint density at radius 2 is 1.12 bits per heavy atom. The average molecular weight is 568 g/mol. The van der Waals surface area contributed by atoms with E-state index in [-0.39, 0.29) is 0 Å². The van der Waals surface area contributed by atoms with Gasteiger partial charge >= 0.3 is 11.5 Å². The van der Waals surface area contributed by atoms with Crippen molar-refractivity contribution in [1.29, 1.82) is 0 Å². The molecule has 0 radical (unpaired) electrons. The molecule has 1 aliphatic heterocycles. The van der Waals surface area contributed by atoms with E-state index in [0.29, 0.717) is 22.3 Å². The van der Waals surface area contributed by atoms with Crippen molar-refractivity contribution in [3.63, 3.8) is 0 Å². The number of nitrogens with zero attached hydrogens (tertiary/aromatic N) is 1. The molecule has 0 fully saturated rings. The van der Waals surface area contributed by atoms with E-state index >= 15 is 0 Å². The Hall–Kier alpha value is -4.99. The Bertz CT molecular complexity index is 1780. The smallest absolute Gasteiger partial charge is 0.373 e. The summed E-state index contributed by atoms with van der Waals surface area (Å²) in [6.07, 6.45) is 4.11. The minimum absolute atomic E-state index is 0.496. The van der Waals surface area contributed by atoms with Crippen LogP contribution in [0.15, 0.2) is 156 Å². The van der Waals surface area contributed by atoms with Gasteiger partial charge in [0.05, 0.1) is 17.7 Å². The van der Waals surface area contributed by atoms with Crippen molar-refractivity contribution >= 4 is 33.7 Å². The zero-order chi connectivity index (χ0) is 28.9. The van der Waals surface area contributed by atoms with Crippen LogP contribution < -0.4 is 0 Å². The number of hydrogen-bond acceptors (Lipinski definition) is 1. The second kappa shape index (κ2) is 12.3. The molecule has 0 amide bonds. The molecule has 4 heteroatoms. The minimum atomic E-state index is 0.496. The molecule has 0 saturated heterocycles. The number of rotatable bonds is 6. The number of allylic oxidation sites excluding steroid dienone is 4. The topological polar surface area (TPSA) is 23.5 Å². The first-order valence-corrected chi connectivity index (χ1v) is 14.2. The van der Waals surface area contributed by atoms with E-state index < -0.39 is 0 Å². The Morgan fingerprint density at radius 3 is 1.69 bits per heavy atom. The first-order valence-electron chi connectivity index (χ1n) is 13.8. The van der Waals surface area contributed by atoms with E-state index in [1.54, 1.807) is 0 Å². The van der Waals surface area contributed by atoms with Gasteiger partial charge in [0.2, 0.25) is 5.57 Å². The molecule has 6 rings (SSSR count). The molecule has 0 bridgehead atoms. The quantitative estimate of drug-likeness (QED) is 0.116. The van der Waals surface area contributed by atoms with E-state index in [2.05, 4.69) is 36.4 Å². The zero-order valence-electron chi connectivity index (χ0n) is 23.5. The fourth-order valence-corrected chi connectivity index (χ4v) is 5.07. The van der Waals surface area contributed by atoms with Gasteiger partial charge in [0.1, 0.15) is 19.9 Å². The molecule has 0 aliphatic carbocycles. The maximum Gasteiger partial charge on any atom is 0.373 e. The van der Waals surface area contributed by atoms with E-state index in [1.165, 1.54) is 0 Å². The summed E-state index contributed by atoms with van der Waals surface area (Å²) >= 11 is 7.13. The van der Waals surface area contributed by atoms with E-state index in [9.17, 15) is 0 Å². The number of benzene rings is 4. The Morgan fingerprint density at radius 1 is 0.595 bits per heavy atom. The summed E-state index contributed by atoms with van der Waals surface area (Å²) < 4.78 is 15.2. The molecule has 4 aromatic carbocycles. The van der Waals surface area contributed by atoms with Crippen molar-refractivity contribution < 1.29 is 13.7 Å². The monoisotopic (exact) mass is 567 g/mol. The van der Waals surface area contributed by atoms with Gasteiger partial charge in [-0.1, -0.05) is 109 Å². The van der Waals surface area contributed by atoms with E-state index in [1.807, 2.05) is 128 Å². The van der Waals surface area contributed by atoms with Crippen LogP contribution in [0.5, 0.6) is 0 Å². The molecule has 1 aliphatic rings. The lowest BCUT2D eigenvalue weighted by atomic mass is 9.98. The van der Waals surface area contributed by atoms with Crippen LogP contribution in [0.25, 0.3) is 39.4 Å². The third kappa shape index (κ3) is 5.88. The molecule has 0 N–H and O–H groups in total. The third-order valence-electron chi connectivity index (χ3n) is 7.01. The predicted molar refractivity (Wildman–Crippen MR) is 174 cm³/mol. The van der Waals surface area contributed by atoms with Crippen LogP contribution >= 0.6 is 11.6 Å². The fraction of sp³-hybridized carbons (Fsp3) is 0.0526. The largest absolute Gasteiger partial charge is 0.455 e. The van der Waals surface area contributed by atoms with Gasteiger partial charge in [0.15, 0.2) is 5.76 Å². The van der Waals surface area contributed by atoms with Crippen LogP contribution in [0.3, 0.4) is 0 Å². The summed E-state index contributed by atoms with van der Waals surface area (Å²) in [5.74, 6) is 2.66. The maximum absolute atomic E-state index is 7.13. The lowest BCUT2D eigenvalue weighted by Gasteiger charge is -2.19. The Balaban J connectivity index is 1.63. The number of ether oxygens (including phenoxy) is 1. The van der Waals surface area contributed by atoms with Gasteiger partial charge in [-0.3, -0.25) is 0 Å². The SMILES string of the molecule is C[N+](C)=C(Cl)/C(=C1/C=C(c2ccccc2)C=C(c2ccccc2)O1)c1cc(-c2ccccc2)cc(-c2ccccc2)[o+]1. The summed E-state index contributed by atoms with van der Waals surface area (Å²) in [5.41, 5.74) is 6.78. The van der Waals surface area contributed by atoms with E-state index in [4.69, 9.17) is 20.8 Å². The van der Waals surface area contributed by atoms with Crippen molar-refractivity contribution in [2.75, 3.05) is 14.1 Å². The molecule has 0 unspecified atom stereocenters. The highest BCUT2D eigenvalue weighted by Gasteiger charge is 2.34. The van der Waals surface area contributed by atoms with Gasteiger partial charge in [-0.2, -0.15) is 0 Å².